The van der Waals surface area contributed by atoms with Crippen LogP contribution in [0.2, 0.25) is 0 Å². The van der Waals surface area contributed by atoms with Gasteiger partial charge in [-0.1, -0.05) is 40.7 Å². The van der Waals surface area contributed by atoms with Gasteiger partial charge in [-0.15, -0.1) is 0 Å². The number of rotatable bonds is 2. The van der Waals surface area contributed by atoms with Gasteiger partial charge in [-0.05, 0) is 76.6 Å². The minimum atomic E-state index is 0.264. The van der Waals surface area contributed by atoms with Crippen molar-refractivity contribution in [3.8, 4) is 0 Å². The minimum absolute atomic E-state index is 0.264. The predicted molar refractivity (Wildman–Crippen MR) is 110 cm³/mol. The summed E-state index contributed by atoms with van der Waals surface area (Å²) >= 11 is 1.86. The third-order valence-electron chi connectivity index (χ3n) is 6.25. The molecule has 25 heavy (non-hydrogen) atoms. The van der Waals surface area contributed by atoms with E-state index in [2.05, 4.69) is 57.9 Å². The minimum Gasteiger partial charge on any atom is -0.326 e. The molecule has 134 valence electrons. The molecule has 0 radical (unpaired) electrons. The fraction of sp³-hybridized carbons (Fsp3) is 0.591. The van der Waals surface area contributed by atoms with Crippen LogP contribution in [0.15, 0.2) is 23.3 Å². The molecule has 0 amide bonds. The molecule has 0 fully saturated rings. The summed E-state index contributed by atoms with van der Waals surface area (Å²) < 4.78 is 0. The highest BCUT2D eigenvalue weighted by Crippen LogP contribution is 2.49. The van der Waals surface area contributed by atoms with Crippen LogP contribution < -0.4 is 0 Å². The molecule has 2 aliphatic heterocycles. The average molecular weight is 355 g/mol. The Labute approximate surface area is 156 Å². The molecular formula is C22H30N2S. The summed E-state index contributed by atoms with van der Waals surface area (Å²) in [5, 5.41) is 1.20. The molecule has 0 spiro atoms. The van der Waals surface area contributed by atoms with E-state index >= 15 is 0 Å². The van der Waals surface area contributed by atoms with Crippen LogP contribution in [0.1, 0.15) is 76.1 Å². The highest BCUT2D eigenvalue weighted by Gasteiger charge is 2.38. The summed E-state index contributed by atoms with van der Waals surface area (Å²) in [5.41, 5.74) is 6.61. The van der Waals surface area contributed by atoms with E-state index in [1.54, 1.807) is 11.1 Å². The van der Waals surface area contributed by atoms with E-state index < -0.39 is 0 Å². The molecular weight excluding hydrogens is 324 g/mol. The van der Waals surface area contributed by atoms with E-state index in [0.717, 1.165) is 19.5 Å². The predicted octanol–water partition coefficient (Wildman–Crippen LogP) is 5.70. The van der Waals surface area contributed by atoms with Gasteiger partial charge in [0.2, 0.25) is 0 Å². The summed E-state index contributed by atoms with van der Waals surface area (Å²) in [6.45, 7) is 14.0. The molecule has 0 unspecified atom stereocenters. The molecule has 0 saturated heterocycles. The highest BCUT2D eigenvalue weighted by atomic mass is 32.2. The highest BCUT2D eigenvalue weighted by molar-refractivity contribution is 8.22. The lowest BCUT2D eigenvalue weighted by atomic mass is 9.62. The maximum atomic E-state index is 4.72. The Bertz CT molecular complexity index is 770. The number of nitrogens with zero attached hydrogens (tertiary/aromatic N) is 2. The van der Waals surface area contributed by atoms with E-state index in [1.165, 1.54) is 40.5 Å². The van der Waals surface area contributed by atoms with Crippen LogP contribution in [0.25, 0.3) is 4.91 Å². The number of fused-ring (bicyclic) bond motifs is 2. The van der Waals surface area contributed by atoms with Gasteiger partial charge in [0.1, 0.15) is 0 Å². The van der Waals surface area contributed by atoms with Crippen molar-refractivity contribution in [2.45, 2.75) is 71.1 Å². The van der Waals surface area contributed by atoms with Gasteiger partial charge < -0.3 is 4.90 Å². The zero-order chi connectivity index (χ0) is 17.8. The van der Waals surface area contributed by atoms with Crippen LogP contribution in [0, 0.1) is 0 Å². The second-order valence-corrected chi connectivity index (χ2v) is 9.99. The smallest absolute Gasteiger partial charge is 0.168 e. The van der Waals surface area contributed by atoms with E-state index in [-0.39, 0.29) is 10.8 Å². The number of benzene rings is 1. The molecule has 4 rings (SSSR count). The maximum absolute atomic E-state index is 4.72. The molecule has 3 heteroatoms. The fourth-order valence-corrected chi connectivity index (χ4v) is 5.48. The third-order valence-corrected chi connectivity index (χ3v) is 7.34. The van der Waals surface area contributed by atoms with Crippen molar-refractivity contribution in [2.75, 3.05) is 13.1 Å². The molecule has 3 aliphatic rings. The van der Waals surface area contributed by atoms with Gasteiger partial charge in [-0.3, -0.25) is 4.99 Å². The van der Waals surface area contributed by atoms with Crippen molar-refractivity contribution in [3.63, 3.8) is 0 Å². The molecule has 0 aromatic heterocycles. The number of amidine groups is 1. The van der Waals surface area contributed by atoms with Crippen LogP contribution in [0.5, 0.6) is 0 Å². The number of thioether (sulfide) groups is 1. The molecule has 0 atom stereocenters. The standard InChI is InChI=1S/C22H30N2S/c1-6-15-12-17-18(22(4,5)9-8-21(17,2)3)13-16(15)19-14-24-11-7-10-23-20(24)25-19/h12-14H,6-11H2,1-5H3. The van der Waals surface area contributed by atoms with E-state index in [9.17, 15) is 0 Å². The first-order valence-corrected chi connectivity index (χ1v) is 10.5. The molecule has 0 bridgehead atoms. The zero-order valence-electron chi connectivity index (χ0n) is 16.3. The summed E-state index contributed by atoms with van der Waals surface area (Å²) in [6, 6.07) is 5.04. The van der Waals surface area contributed by atoms with Gasteiger partial charge in [-0.25, -0.2) is 0 Å². The summed E-state index contributed by atoms with van der Waals surface area (Å²) in [4.78, 5) is 8.45. The number of aryl methyl sites for hydroxylation is 1. The Balaban J connectivity index is 1.84. The maximum Gasteiger partial charge on any atom is 0.168 e. The van der Waals surface area contributed by atoms with E-state index in [0.29, 0.717) is 0 Å². The van der Waals surface area contributed by atoms with Crippen LogP contribution >= 0.6 is 11.8 Å². The lowest BCUT2D eigenvalue weighted by molar-refractivity contribution is 0.331. The molecule has 0 N–H and O–H groups in total. The lowest BCUT2D eigenvalue weighted by Gasteiger charge is -2.42. The van der Waals surface area contributed by atoms with Gasteiger partial charge in [0.15, 0.2) is 5.17 Å². The van der Waals surface area contributed by atoms with Crippen LogP contribution in [0.3, 0.4) is 0 Å². The number of hydrogen-bond donors (Lipinski definition) is 0. The van der Waals surface area contributed by atoms with E-state index in [4.69, 9.17) is 4.99 Å². The molecule has 2 nitrogen and oxygen atoms in total. The third kappa shape index (κ3) is 2.85. The second kappa shape index (κ2) is 5.90. The van der Waals surface area contributed by atoms with Gasteiger partial charge in [-0.2, -0.15) is 0 Å². The Morgan fingerprint density at radius 3 is 2.40 bits per heavy atom. The summed E-state index contributed by atoms with van der Waals surface area (Å²) in [6.07, 6.45) is 7.13. The van der Waals surface area contributed by atoms with E-state index in [1.807, 2.05) is 11.8 Å². The first kappa shape index (κ1) is 17.2. The van der Waals surface area contributed by atoms with Gasteiger partial charge in [0.25, 0.3) is 0 Å². The monoisotopic (exact) mass is 354 g/mol. The molecule has 1 aromatic rings. The average Bonchev–Trinajstić information content (AvgIpc) is 3.02. The van der Waals surface area contributed by atoms with Crippen LogP contribution in [-0.4, -0.2) is 23.2 Å². The van der Waals surface area contributed by atoms with Gasteiger partial charge in [0.05, 0.1) is 0 Å². The Morgan fingerprint density at radius 1 is 1.08 bits per heavy atom. The molecule has 2 heterocycles. The van der Waals surface area contributed by atoms with Crippen molar-refractivity contribution in [1.29, 1.82) is 0 Å². The Morgan fingerprint density at radius 2 is 1.76 bits per heavy atom. The first-order valence-electron chi connectivity index (χ1n) is 9.71. The van der Waals surface area contributed by atoms with Crippen molar-refractivity contribution in [3.05, 3.63) is 40.6 Å². The van der Waals surface area contributed by atoms with Crippen LogP contribution in [-0.2, 0) is 17.3 Å². The van der Waals surface area contributed by atoms with Crippen molar-refractivity contribution >= 4 is 21.8 Å². The zero-order valence-corrected chi connectivity index (χ0v) is 17.1. The Hall–Kier alpha value is -1.22. The molecule has 0 saturated carbocycles. The van der Waals surface area contributed by atoms with Crippen LogP contribution in [0.4, 0.5) is 0 Å². The second-order valence-electron chi connectivity index (χ2n) is 8.98. The lowest BCUT2D eigenvalue weighted by Crippen LogP contribution is -2.34. The fourth-order valence-electron chi connectivity index (χ4n) is 4.38. The van der Waals surface area contributed by atoms with Gasteiger partial charge >= 0.3 is 0 Å². The SMILES string of the molecule is CCc1cc2c(cc1C1=CN3CCCN=C3S1)C(C)(C)CCC2(C)C. The number of hydrogen-bond acceptors (Lipinski definition) is 3. The summed E-state index contributed by atoms with van der Waals surface area (Å²) in [5.74, 6) is 0. The quantitative estimate of drug-likeness (QED) is 0.676. The normalized spacial score (nSPS) is 23.6. The molecule has 1 aromatic carbocycles. The van der Waals surface area contributed by atoms with Crippen molar-refractivity contribution in [1.82, 2.24) is 4.90 Å². The molecule has 1 aliphatic carbocycles. The summed E-state index contributed by atoms with van der Waals surface area (Å²) in [7, 11) is 0. The van der Waals surface area contributed by atoms with Crippen molar-refractivity contribution < 1.29 is 0 Å². The largest absolute Gasteiger partial charge is 0.326 e. The first-order chi connectivity index (χ1) is 11.8. The van der Waals surface area contributed by atoms with Crippen molar-refractivity contribution in [2.24, 2.45) is 4.99 Å². The topological polar surface area (TPSA) is 15.6 Å². The van der Waals surface area contributed by atoms with Gasteiger partial charge in [0, 0.05) is 24.2 Å². The Kier molecular flexibility index (Phi) is 4.06. The number of aliphatic imine (C=N–C) groups is 1.